The number of amides is 1. The topological polar surface area (TPSA) is 41.1 Å². The van der Waals surface area contributed by atoms with Crippen LogP contribution < -0.4 is 10.6 Å². The molecule has 0 saturated heterocycles. The highest BCUT2D eigenvalue weighted by Gasteiger charge is 2.05. The van der Waals surface area contributed by atoms with Crippen molar-refractivity contribution >= 4 is 56.4 Å². The van der Waals surface area contributed by atoms with Gasteiger partial charge in [-0.05, 0) is 58.4 Å². The summed E-state index contributed by atoms with van der Waals surface area (Å²) in [5, 5.41) is 7.01. The zero-order valence-corrected chi connectivity index (χ0v) is 13.4. The van der Waals surface area contributed by atoms with Crippen LogP contribution in [0.1, 0.15) is 0 Å². The number of hydrogen-bond donors (Lipinski definition) is 2. The van der Waals surface area contributed by atoms with E-state index in [2.05, 4.69) is 26.6 Å². The van der Waals surface area contributed by atoms with Crippen LogP contribution in [0.3, 0.4) is 0 Å². The van der Waals surface area contributed by atoms with E-state index in [0.29, 0.717) is 15.7 Å². The van der Waals surface area contributed by atoms with Gasteiger partial charge in [-0.3, -0.25) is 4.79 Å². The van der Waals surface area contributed by atoms with Crippen molar-refractivity contribution in [3.8, 4) is 0 Å². The minimum Gasteiger partial charge on any atom is -0.375 e. The molecular formula is C14H11BrCl2N2O. The van der Waals surface area contributed by atoms with Crippen molar-refractivity contribution in [2.75, 3.05) is 17.2 Å². The quantitative estimate of drug-likeness (QED) is 0.807. The molecule has 0 aliphatic carbocycles. The summed E-state index contributed by atoms with van der Waals surface area (Å²) in [6.45, 7) is 0.140. The largest absolute Gasteiger partial charge is 0.375 e. The second kappa shape index (κ2) is 6.97. The van der Waals surface area contributed by atoms with E-state index in [9.17, 15) is 4.79 Å². The van der Waals surface area contributed by atoms with Gasteiger partial charge in [-0.2, -0.15) is 0 Å². The summed E-state index contributed by atoms with van der Waals surface area (Å²) in [5.74, 6) is -0.154. The van der Waals surface area contributed by atoms with Crippen LogP contribution in [-0.4, -0.2) is 12.5 Å². The van der Waals surface area contributed by atoms with Crippen molar-refractivity contribution < 1.29 is 4.79 Å². The van der Waals surface area contributed by atoms with Gasteiger partial charge in [0.15, 0.2) is 0 Å². The number of carbonyl (C=O) groups excluding carboxylic acids is 1. The summed E-state index contributed by atoms with van der Waals surface area (Å²) >= 11 is 15.1. The number of carbonyl (C=O) groups is 1. The summed E-state index contributed by atoms with van der Waals surface area (Å²) in [5.41, 5.74) is 1.47. The molecule has 2 aromatic rings. The van der Waals surface area contributed by atoms with Gasteiger partial charge in [-0.25, -0.2) is 0 Å². The number of halogens is 3. The molecule has 3 nitrogen and oxygen atoms in total. The molecule has 0 radical (unpaired) electrons. The first-order valence-electron chi connectivity index (χ1n) is 5.79. The highest BCUT2D eigenvalue weighted by Crippen LogP contribution is 2.25. The van der Waals surface area contributed by atoms with Crippen molar-refractivity contribution in [1.82, 2.24) is 0 Å². The third kappa shape index (κ3) is 4.40. The monoisotopic (exact) mass is 372 g/mol. The molecule has 104 valence electrons. The van der Waals surface area contributed by atoms with Gasteiger partial charge >= 0.3 is 0 Å². The summed E-state index contributed by atoms with van der Waals surface area (Å²) in [6, 6.07) is 12.3. The summed E-state index contributed by atoms with van der Waals surface area (Å²) in [7, 11) is 0. The van der Waals surface area contributed by atoms with Crippen molar-refractivity contribution in [1.29, 1.82) is 0 Å². The molecule has 2 N–H and O–H groups in total. The Morgan fingerprint density at radius 1 is 1.05 bits per heavy atom. The highest BCUT2D eigenvalue weighted by molar-refractivity contribution is 9.10. The minimum atomic E-state index is -0.154. The van der Waals surface area contributed by atoms with Crippen molar-refractivity contribution in [3.63, 3.8) is 0 Å². The third-order valence-corrected chi connectivity index (χ3v) is 3.67. The lowest BCUT2D eigenvalue weighted by molar-refractivity contribution is -0.114. The van der Waals surface area contributed by atoms with Crippen molar-refractivity contribution in [2.45, 2.75) is 0 Å². The molecule has 0 spiro atoms. The lowest BCUT2D eigenvalue weighted by Crippen LogP contribution is -2.21. The smallest absolute Gasteiger partial charge is 0.243 e. The molecule has 0 aromatic heterocycles. The van der Waals surface area contributed by atoms with Gasteiger partial charge in [0.05, 0.1) is 12.2 Å². The Kier molecular flexibility index (Phi) is 5.29. The molecule has 0 unspecified atom stereocenters. The fraction of sp³-hybridized carbons (Fsp3) is 0.0714. The molecule has 0 aliphatic rings. The van der Waals surface area contributed by atoms with Gasteiger partial charge in [0.25, 0.3) is 0 Å². The molecule has 20 heavy (non-hydrogen) atoms. The Labute approximate surface area is 135 Å². The lowest BCUT2D eigenvalue weighted by Gasteiger charge is -2.09. The predicted octanol–water partition coefficient (Wildman–Crippen LogP) is 4.81. The number of rotatable bonds is 4. The second-order valence-corrected chi connectivity index (χ2v) is 5.76. The molecule has 0 atom stereocenters. The van der Waals surface area contributed by atoms with Gasteiger partial charge in [0.2, 0.25) is 5.91 Å². The Hall–Kier alpha value is -1.23. The molecule has 6 heteroatoms. The fourth-order valence-corrected chi connectivity index (χ4v) is 2.23. The molecule has 1 amide bonds. The van der Waals surface area contributed by atoms with E-state index < -0.39 is 0 Å². The van der Waals surface area contributed by atoms with Crippen LogP contribution in [0.15, 0.2) is 46.9 Å². The molecule has 0 aliphatic heterocycles. The van der Waals surface area contributed by atoms with Crippen LogP contribution in [0.4, 0.5) is 11.4 Å². The first-order valence-corrected chi connectivity index (χ1v) is 7.34. The van der Waals surface area contributed by atoms with E-state index in [1.165, 1.54) is 0 Å². The van der Waals surface area contributed by atoms with Gasteiger partial charge in [-0.1, -0.05) is 23.2 Å². The lowest BCUT2D eigenvalue weighted by atomic mass is 10.3. The number of nitrogens with one attached hydrogen (secondary N) is 2. The van der Waals surface area contributed by atoms with E-state index in [-0.39, 0.29) is 12.5 Å². The molecular weight excluding hydrogens is 363 g/mol. The van der Waals surface area contributed by atoms with Crippen LogP contribution in [-0.2, 0) is 4.79 Å². The summed E-state index contributed by atoms with van der Waals surface area (Å²) in [4.78, 5) is 11.8. The zero-order chi connectivity index (χ0) is 14.5. The average Bonchev–Trinajstić information content (AvgIpc) is 2.42. The Bertz CT molecular complexity index is 617. The Morgan fingerprint density at radius 2 is 1.70 bits per heavy atom. The van der Waals surface area contributed by atoms with E-state index in [0.717, 1.165) is 10.2 Å². The maximum absolute atomic E-state index is 11.8. The predicted molar refractivity (Wildman–Crippen MR) is 87.7 cm³/mol. The number of hydrogen-bond acceptors (Lipinski definition) is 2. The molecule has 0 bridgehead atoms. The third-order valence-electron chi connectivity index (χ3n) is 2.50. The fourth-order valence-electron chi connectivity index (χ4n) is 1.55. The SMILES string of the molecule is O=C(CNc1cc(Cl)ccc1Br)Nc1ccc(Cl)cc1. The van der Waals surface area contributed by atoms with E-state index in [4.69, 9.17) is 23.2 Å². The molecule has 0 saturated carbocycles. The van der Waals surface area contributed by atoms with Crippen molar-refractivity contribution in [3.05, 3.63) is 57.0 Å². The van der Waals surface area contributed by atoms with Gasteiger partial charge < -0.3 is 10.6 Å². The number of benzene rings is 2. The molecule has 0 heterocycles. The average molecular weight is 374 g/mol. The van der Waals surface area contributed by atoms with Crippen molar-refractivity contribution in [2.24, 2.45) is 0 Å². The Balaban J connectivity index is 1.92. The summed E-state index contributed by atoms with van der Waals surface area (Å²) in [6.07, 6.45) is 0. The van der Waals surface area contributed by atoms with E-state index in [1.54, 1.807) is 36.4 Å². The maximum Gasteiger partial charge on any atom is 0.243 e. The Morgan fingerprint density at radius 3 is 2.40 bits per heavy atom. The standard InChI is InChI=1S/C14H11BrCl2N2O/c15-12-6-3-10(17)7-13(12)18-8-14(20)19-11-4-1-9(16)2-5-11/h1-7,18H,8H2,(H,19,20). The first kappa shape index (κ1) is 15.2. The normalized spacial score (nSPS) is 10.2. The second-order valence-electron chi connectivity index (χ2n) is 4.03. The van der Waals surface area contributed by atoms with Gasteiger partial charge in [-0.15, -0.1) is 0 Å². The van der Waals surface area contributed by atoms with Crippen LogP contribution in [0, 0.1) is 0 Å². The maximum atomic E-state index is 11.8. The van der Waals surface area contributed by atoms with E-state index >= 15 is 0 Å². The van der Waals surface area contributed by atoms with Crippen LogP contribution in [0.2, 0.25) is 10.0 Å². The van der Waals surface area contributed by atoms with Crippen LogP contribution in [0.5, 0.6) is 0 Å². The number of anilines is 2. The minimum absolute atomic E-state index is 0.140. The zero-order valence-electron chi connectivity index (χ0n) is 10.3. The highest BCUT2D eigenvalue weighted by atomic mass is 79.9. The molecule has 0 fully saturated rings. The van der Waals surface area contributed by atoms with Gasteiger partial charge in [0, 0.05) is 20.2 Å². The molecule has 2 aromatic carbocycles. The van der Waals surface area contributed by atoms with Gasteiger partial charge in [0.1, 0.15) is 0 Å². The van der Waals surface area contributed by atoms with Crippen LogP contribution in [0.25, 0.3) is 0 Å². The summed E-state index contributed by atoms with van der Waals surface area (Å²) < 4.78 is 0.848. The van der Waals surface area contributed by atoms with E-state index in [1.807, 2.05) is 6.07 Å². The van der Waals surface area contributed by atoms with Crippen LogP contribution >= 0.6 is 39.1 Å². The first-order chi connectivity index (χ1) is 9.54. The molecule has 2 rings (SSSR count).